The summed E-state index contributed by atoms with van der Waals surface area (Å²) in [6.45, 7) is -0.298. The van der Waals surface area contributed by atoms with Crippen molar-refractivity contribution < 1.29 is 13.9 Å². The lowest BCUT2D eigenvalue weighted by Crippen LogP contribution is -2.22. The molecule has 0 saturated carbocycles. The van der Waals surface area contributed by atoms with Gasteiger partial charge in [0, 0.05) is 7.05 Å². The number of ether oxygens (including phenoxy) is 1. The summed E-state index contributed by atoms with van der Waals surface area (Å²) >= 11 is 0. The van der Waals surface area contributed by atoms with Gasteiger partial charge >= 0.3 is 0 Å². The molecule has 0 bridgehead atoms. The first-order valence-corrected chi connectivity index (χ1v) is 5.18. The highest BCUT2D eigenvalue weighted by Crippen LogP contribution is 2.15. The fraction of sp³-hybridized carbons (Fsp3) is 0.182. The molecule has 1 amide bonds. The quantitative estimate of drug-likeness (QED) is 0.877. The van der Waals surface area contributed by atoms with Gasteiger partial charge in [0.1, 0.15) is 6.33 Å². The number of amides is 1. The third-order valence-corrected chi connectivity index (χ3v) is 2.16. The molecule has 2 aromatic rings. The Labute approximate surface area is 102 Å². The van der Waals surface area contributed by atoms with Crippen molar-refractivity contribution in [1.29, 1.82) is 0 Å². The van der Waals surface area contributed by atoms with E-state index in [0.29, 0.717) is 5.95 Å². The number of rotatable bonds is 4. The van der Waals surface area contributed by atoms with Crippen molar-refractivity contribution in [2.75, 3.05) is 11.9 Å². The molecule has 94 valence electrons. The molecular weight excluding hydrogens is 239 g/mol. The van der Waals surface area contributed by atoms with Gasteiger partial charge in [-0.2, -0.15) is 0 Å². The fourth-order valence-electron chi connectivity index (χ4n) is 1.26. The number of carbonyl (C=O) groups excluding carboxylic acids is 1. The van der Waals surface area contributed by atoms with Crippen molar-refractivity contribution >= 4 is 11.9 Å². The van der Waals surface area contributed by atoms with Crippen LogP contribution in [-0.4, -0.2) is 27.3 Å². The van der Waals surface area contributed by atoms with Gasteiger partial charge in [0.15, 0.2) is 18.2 Å². The van der Waals surface area contributed by atoms with Crippen molar-refractivity contribution in [1.82, 2.24) is 14.8 Å². The van der Waals surface area contributed by atoms with Crippen LogP contribution in [0.5, 0.6) is 5.75 Å². The minimum atomic E-state index is -0.510. The fourth-order valence-corrected chi connectivity index (χ4v) is 1.26. The van der Waals surface area contributed by atoms with Gasteiger partial charge in [-0.1, -0.05) is 12.1 Å². The summed E-state index contributed by atoms with van der Waals surface area (Å²) < 4.78 is 19.8. The molecular formula is C11H11FN4O2. The summed E-state index contributed by atoms with van der Waals surface area (Å²) in [5, 5.41) is 9.77. The Morgan fingerprint density at radius 2 is 2.28 bits per heavy atom. The summed E-state index contributed by atoms with van der Waals surface area (Å²) in [6.07, 6.45) is 1.45. The smallest absolute Gasteiger partial charge is 0.264 e. The number of aryl methyl sites for hydroxylation is 1. The van der Waals surface area contributed by atoms with Gasteiger partial charge < -0.3 is 9.30 Å². The lowest BCUT2D eigenvalue weighted by atomic mass is 10.3. The number of benzene rings is 1. The Bertz CT molecular complexity index is 555. The van der Waals surface area contributed by atoms with Crippen LogP contribution in [0.15, 0.2) is 30.6 Å². The van der Waals surface area contributed by atoms with Crippen molar-refractivity contribution in [3.63, 3.8) is 0 Å². The van der Waals surface area contributed by atoms with Crippen LogP contribution in [-0.2, 0) is 11.8 Å². The Morgan fingerprint density at radius 3 is 2.94 bits per heavy atom. The maximum absolute atomic E-state index is 13.2. The first-order chi connectivity index (χ1) is 8.66. The molecule has 1 N–H and O–H groups in total. The standard InChI is InChI=1S/C11H11FN4O2/c1-16-7-13-15-11(16)14-10(17)6-18-9-5-3-2-4-8(9)12/h2-5,7H,6H2,1H3,(H,14,15,17). The molecule has 1 aromatic heterocycles. The molecule has 0 spiro atoms. The normalized spacial score (nSPS) is 10.1. The molecule has 1 aromatic carbocycles. The van der Waals surface area contributed by atoms with Gasteiger partial charge in [0.2, 0.25) is 5.95 Å². The van der Waals surface area contributed by atoms with Gasteiger partial charge in [-0.3, -0.25) is 10.1 Å². The second-order valence-corrected chi connectivity index (χ2v) is 3.53. The molecule has 0 fully saturated rings. The Morgan fingerprint density at radius 1 is 1.50 bits per heavy atom. The van der Waals surface area contributed by atoms with E-state index in [0.717, 1.165) is 0 Å². The number of nitrogens with one attached hydrogen (secondary N) is 1. The van der Waals surface area contributed by atoms with E-state index in [1.54, 1.807) is 23.7 Å². The van der Waals surface area contributed by atoms with E-state index in [1.807, 2.05) is 0 Å². The molecule has 0 aliphatic heterocycles. The molecule has 18 heavy (non-hydrogen) atoms. The first kappa shape index (κ1) is 12.0. The van der Waals surface area contributed by atoms with Gasteiger partial charge in [0.25, 0.3) is 5.91 Å². The first-order valence-electron chi connectivity index (χ1n) is 5.18. The van der Waals surface area contributed by atoms with Crippen molar-refractivity contribution in [2.45, 2.75) is 0 Å². The topological polar surface area (TPSA) is 69.0 Å². The highest BCUT2D eigenvalue weighted by atomic mass is 19.1. The van der Waals surface area contributed by atoms with Crippen LogP contribution in [0.4, 0.5) is 10.3 Å². The minimum absolute atomic E-state index is 0.0330. The largest absolute Gasteiger partial charge is 0.481 e. The number of nitrogens with zero attached hydrogens (tertiary/aromatic N) is 3. The number of hydrogen-bond acceptors (Lipinski definition) is 4. The summed E-state index contributed by atoms with van der Waals surface area (Å²) in [7, 11) is 1.69. The predicted molar refractivity (Wildman–Crippen MR) is 61.5 cm³/mol. The monoisotopic (exact) mass is 250 g/mol. The number of hydrogen-bond donors (Lipinski definition) is 1. The zero-order valence-electron chi connectivity index (χ0n) is 9.63. The highest BCUT2D eigenvalue weighted by Gasteiger charge is 2.09. The van der Waals surface area contributed by atoms with Crippen molar-refractivity contribution in [3.8, 4) is 5.75 Å². The predicted octanol–water partition coefficient (Wildman–Crippen LogP) is 0.972. The van der Waals surface area contributed by atoms with Gasteiger partial charge in [-0.15, -0.1) is 10.2 Å². The summed E-state index contributed by atoms with van der Waals surface area (Å²) in [4.78, 5) is 11.5. The van der Waals surface area contributed by atoms with Crippen molar-refractivity contribution in [2.24, 2.45) is 7.05 Å². The summed E-state index contributed by atoms with van der Waals surface area (Å²) in [6, 6.07) is 5.88. The van der Waals surface area contributed by atoms with Gasteiger partial charge in [0.05, 0.1) is 0 Å². The number of halogens is 1. The van der Waals surface area contributed by atoms with Crippen LogP contribution in [0.2, 0.25) is 0 Å². The van der Waals surface area contributed by atoms with E-state index in [1.165, 1.54) is 18.5 Å². The van der Waals surface area contributed by atoms with E-state index >= 15 is 0 Å². The molecule has 7 heteroatoms. The molecule has 1 heterocycles. The van der Waals surface area contributed by atoms with E-state index in [-0.39, 0.29) is 12.4 Å². The Hall–Kier alpha value is -2.44. The molecule has 0 saturated heterocycles. The van der Waals surface area contributed by atoms with E-state index < -0.39 is 11.7 Å². The Balaban J connectivity index is 1.90. The zero-order valence-corrected chi connectivity index (χ0v) is 9.63. The Kier molecular flexibility index (Phi) is 3.52. The number of aromatic nitrogens is 3. The third-order valence-electron chi connectivity index (χ3n) is 2.16. The average molecular weight is 250 g/mol. The van der Waals surface area contributed by atoms with Crippen LogP contribution in [0, 0.1) is 5.82 Å². The minimum Gasteiger partial charge on any atom is -0.481 e. The maximum atomic E-state index is 13.2. The van der Waals surface area contributed by atoms with E-state index in [4.69, 9.17) is 4.74 Å². The maximum Gasteiger partial charge on any atom is 0.264 e. The number of anilines is 1. The molecule has 0 aliphatic carbocycles. The number of para-hydroxylation sites is 1. The molecule has 0 aliphatic rings. The number of carbonyl (C=O) groups is 1. The second kappa shape index (κ2) is 5.26. The molecule has 6 nitrogen and oxygen atoms in total. The summed E-state index contributed by atoms with van der Waals surface area (Å²) in [5.74, 6) is -0.610. The molecule has 0 atom stereocenters. The van der Waals surface area contributed by atoms with Crippen molar-refractivity contribution in [3.05, 3.63) is 36.4 Å². The van der Waals surface area contributed by atoms with Crippen LogP contribution in [0.25, 0.3) is 0 Å². The van der Waals surface area contributed by atoms with Crippen LogP contribution < -0.4 is 10.1 Å². The third kappa shape index (κ3) is 2.82. The van der Waals surface area contributed by atoms with Gasteiger partial charge in [-0.25, -0.2) is 4.39 Å². The second-order valence-electron chi connectivity index (χ2n) is 3.53. The van der Waals surface area contributed by atoms with Crippen LogP contribution in [0.1, 0.15) is 0 Å². The van der Waals surface area contributed by atoms with Crippen LogP contribution >= 0.6 is 0 Å². The SMILES string of the molecule is Cn1cnnc1NC(=O)COc1ccccc1F. The lowest BCUT2D eigenvalue weighted by molar-refractivity contribution is -0.118. The molecule has 0 radical (unpaired) electrons. The van der Waals surface area contributed by atoms with Gasteiger partial charge in [-0.05, 0) is 12.1 Å². The highest BCUT2D eigenvalue weighted by molar-refractivity contribution is 5.90. The van der Waals surface area contributed by atoms with Crippen LogP contribution in [0.3, 0.4) is 0 Å². The molecule has 0 unspecified atom stereocenters. The molecule has 2 rings (SSSR count). The van der Waals surface area contributed by atoms with E-state index in [9.17, 15) is 9.18 Å². The zero-order chi connectivity index (χ0) is 13.0. The van der Waals surface area contributed by atoms with E-state index in [2.05, 4.69) is 15.5 Å². The average Bonchev–Trinajstić information content (AvgIpc) is 2.74. The summed E-state index contributed by atoms with van der Waals surface area (Å²) in [5.41, 5.74) is 0. The lowest BCUT2D eigenvalue weighted by Gasteiger charge is -2.07.